The van der Waals surface area contributed by atoms with Crippen LogP contribution in [0.5, 0.6) is 0 Å². The quantitative estimate of drug-likeness (QED) is 0.404. The Morgan fingerprint density at radius 3 is 1.20 bits per heavy atom. The third-order valence-electron chi connectivity index (χ3n) is 0. The molecule has 0 nitrogen and oxygen atoms in total. The maximum Gasteiger partial charge on any atom is 0 e. The van der Waals surface area contributed by atoms with Crippen LogP contribution in [0.1, 0.15) is 0 Å². The monoisotopic (exact) mass is 468 g/mol. The van der Waals surface area contributed by atoms with Crippen LogP contribution >= 0.6 is 0 Å². The van der Waals surface area contributed by atoms with Gasteiger partial charge in [0.1, 0.15) is 0 Å². The third kappa shape index (κ3) is 18.0. The molecule has 0 unspecified atom stereocenters. The minimum atomic E-state index is 0. The third-order valence-corrected chi connectivity index (χ3v) is 0. The topological polar surface area (TPSA) is 0 Å². The molecule has 0 radical (unpaired) electrons. The summed E-state index contributed by atoms with van der Waals surface area (Å²) in [5.41, 5.74) is 0. The van der Waals surface area contributed by atoms with E-state index in [0.29, 0.717) is 0 Å². The SMILES string of the molecule is [BH2][Nb].[Dy].[Fe].[Nd]. The Labute approximate surface area is 119 Å². The van der Waals surface area contributed by atoms with Gasteiger partial charge in [0.2, 0.25) is 0 Å². The first kappa shape index (κ1) is 23.1. The van der Waals surface area contributed by atoms with Crippen molar-refractivity contribution in [3.8, 4) is 0 Å². The van der Waals surface area contributed by atoms with E-state index < -0.39 is 0 Å². The van der Waals surface area contributed by atoms with Gasteiger partial charge < -0.3 is 0 Å². The van der Waals surface area contributed by atoms with Crippen LogP contribution in [0.3, 0.4) is 0 Å². The van der Waals surface area contributed by atoms with Crippen molar-refractivity contribution in [3.63, 3.8) is 0 Å². The zero-order valence-corrected chi connectivity index (χ0v) is 11.2. The fraction of sp³-hybridized carbons (Fsp3) is 0. The summed E-state index contributed by atoms with van der Waals surface area (Å²) in [7, 11) is 0. The van der Waals surface area contributed by atoms with Crippen LogP contribution in [-0.2, 0) is 37.9 Å². The Balaban J connectivity index is -0.00000000167. The van der Waals surface area contributed by atoms with E-state index >= 15 is 0 Å². The van der Waals surface area contributed by atoms with Gasteiger partial charge in [-0.1, -0.05) is 0 Å². The molecule has 0 bridgehead atoms. The molecule has 0 fully saturated rings. The van der Waals surface area contributed by atoms with E-state index in [2.05, 4.69) is 5.93 Å². The van der Waals surface area contributed by atoms with Crippen molar-refractivity contribution in [1.82, 2.24) is 0 Å². The average Bonchev–Trinajstić information content (AvgIpc) is 1.00. The van der Waals surface area contributed by atoms with Crippen molar-refractivity contribution in [1.29, 1.82) is 0 Å². The zero-order chi connectivity index (χ0) is 2.00. The second kappa shape index (κ2) is 24.6. The standard InChI is InChI=1S/BH2.Dy.Fe.Nb.Nd/h1H2;;;;/q+1;;;-1;. The molecule has 0 heterocycles. The summed E-state index contributed by atoms with van der Waals surface area (Å²) in [5.74, 6) is 2.05. The number of hydrogen-bond acceptors (Lipinski definition) is 0. The van der Waals surface area contributed by atoms with Crippen molar-refractivity contribution in [3.05, 3.63) is 0 Å². The van der Waals surface area contributed by atoms with Crippen molar-refractivity contribution >= 4 is 5.93 Å². The molecule has 0 saturated carbocycles. The molecule has 0 aromatic heterocycles. The molecule has 0 aromatic carbocycles. The Morgan fingerprint density at radius 2 is 1.20 bits per heavy atom. The molecule has 0 saturated heterocycles. The fourth-order valence-corrected chi connectivity index (χ4v) is 0. The van der Waals surface area contributed by atoms with E-state index in [4.69, 9.17) is 0 Å². The molecule has 0 aliphatic carbocycles. The Morgan fingerprint density at radius 1 is 1.20 bits per heavy atom. The molecule has 0 aromatic rings. The molecule has 32 valence electrons. The maximum atomic E-state index is 2.05. The van der Waals surface area contributed by atoms with Gasteiger partial charge >= 0.3 is 26.8 Å². The molecule has 0 amide bonds. The van der Waals surface area contributed by atoms with Gasteiger partial charge in [0.05, 0.1) is 0 Å². The summed E-state index contributed by atoms with van der Waals surface area (Å²) in [6, 6.07) is 0. The second-order valence-corrected chi connectivity index (χ2v) is 0. The van der Waals surface area contributed by atoms with Crippen LogP contribution in [0.2, 0.25) is 0 Å². The summed E-state index contributed by atoms with van der Waals surface area (Å²) in [4.78, 5) is 0. The van der Waals surface area contributed by atoms with E-state index in [1.165, 1.54) is 0 Å². The Hall–Kier alpha value is 3.95. The van der Waals surface area contributed by atoms with Crippen LogP contribution in [0.4, 0.5) is 0 Å². The van der Waals surface area contributed by atoms with Crippen LogP contribution in [0.25, 0.3) is 0 Å². The molecule has 0 aliphatic heterocycles. The predicted octanol–water partition coefficient (Wildman–Crippen LogP) is -0.921. The molecule has 0 atom stereocenters. The van der Waals surface area contributed by atoms with Crippen LogP contribution in [-0.4, -0.2) is 5.93 Å². The Kier molecular flexibility index (Phi) is 114. The van der Waals surface area contributed by atoms with Crippen LogP contribution < -0.4 is 0 Å². The first-order valence-electron chi connectivity index (χ1n) is 0.447. The van der Waals surface area contributed by atoms with Gasteiger partial charge in [-0.05, 0) is 0 Å². The molecular formula is H2BDyFeNbNd. The van der Waals surface area contributed by atoms with E-state index in [1.54, 1.807) is 20.9 Å². The number of hydrogen-bond donors (Lipinski definition) is 0. The van der Waals surface area contributed by atoms with Gasteiger partial charge in [-0.2, -0.15) is 0 Å². The van der Waals surface area contributed by atoms with E-state index in [0.717, 1.165) is 0 Å². The van der Waals surface area contributed by atoms with Crippen molar-refractivity contribution in [2.45, 2.75) is 0 Å². The molecule has 5 heavy (non-hydrogen) atoms. The van der Waals surface area contributed by atoms with Gasteiger partial charge in [-0.25, -0.2) is 0 Å². The molecule has 5 heteroatoms. The second-order valence-electron chi connectivity index (χ2n) is 0. The summed E-state index contributed by atoms with van der Waals surface area (Å²) >= 11 is 1.75. The number of rotatable bonds is 0. The van der Waals surface area contributed by atoms with Crippen LogP contribution in [0.15, 0.2) is 0 Å². The minimum absolute atomic E-state index is 0. The van der Waals surface area contributed by atoms with E-state index in [9.17, 15) is 0 Å². The van der Waals surface area contributed by atoms with Gasteiger partial charge in [0.15, 0.2) is 0 Å². The molecular weight excluding hydrogens is 466 g/mol. The van der Waals surface area contributed by atoms with Crippen molar-refractivity contribution in [2.24, 2.45) is 0 Å². The summed E-state index contributed by atoms with van der Waals surface area (Å²) in [5, 5.41) is 0. The van der Waals surface area contributed by atoms with E-state index in [1.807, 2.05) is 0 Å². The van der Waals surface area contributed by atoms with Gasteiger partial charge in [-0.3, -0.25) is 0 Å². The van der Waals surface area contributed by atoms with Crippen LogP contribution in [0, 0.1) is 79.0 Å². The van der Waals surface area contributed by atoms with Crippen molar-refractivity contribution in [2.75, 3.05) is 0 Å². The maximum absolute atomic E-state index is 2.05. The summed E-state index contributed by atoms with van der Waals surface area (Å²) in [6.45, 7) is 0. The zero-order valence-electron chi connectivity index (χ0n) is 2.62. The molecule has 0 spiro atoms. The first-order valence-corrected chi connectivity index (χ1v) is 2.65. The molecule has 0 N–H and O–H groups in total. The molecule has 0 aliphatic rings. The largest absolute Gasteiger partial charge is 0 e. The summed E-state index contributed by atoms with van der Waals surface area (Å²) in [6.07, 6.45) is 0. The van der Waals surface area contributed by atoms with Gasteiger partial charge in [-0.15, -0.1) is 0 Å². The normalized spacial score (nSPS) is 0.800. The van der Waals surface area contributed by atoms with Gasteiger partial charge in [0, 0.05) is 96.1 Å². The first-order chi connectivity index (χ1) is 1.00. The van der Waals surface area contributed by atoms with E-state index in [-0.39, 0.29) is 96.1 Å². The predicted molar refractivity (Wildman–Crippen MR) is 8.54 cm³/mol. The average molecular weight is 468 g/mol. The summed E-state index contributed by atoms with van der Waals surface area (Å²) < 4.78 is 0. The van der Waals surface area contributed by atoms with Gasteiger partial charge in [0.25, 0.3) is 0 Å². The Bertz CT molecular complexity index is 11.6. The smallest absolute Gasteiger partial charge is 0 e. The minimum Gasteiger partial charge on any atom is 0 e. The molecule has 0 rings (SSSR count). The fourth-order valence-electron chi connectivity index (χ4n) is 0. The van der Waals surface area contributed by atoms with Crippen molar-refractivity contribution < 1.29 is 117 Å².